The van der Waals surface area contributed by atoms with Gasteiger partial charge in [0, 0.05) is 39.5 Å². The number of methoxy groups -OCH3 is 1. The number of pyridine rings is 1. The van der Waals surface area contributed by atoms with Gasteiger partial charge >= 0.3 is 6.18 Å². The summed E-state index contributed by atoms with van der Waals surface area (Å²) in [6.07, 6.45) is -2.68. The van der Waals surface area contributed by atoms with Gasteiger partial charge in [-0.3, -0.25) is 4.99 Å². The van der Waals surface area contributed by atoms with E-state index in [0.717, 1.165) is 17.7 Å². The van der Waals surface area contributed by atoms with Gasteiger partial charge in [0.1, 0.15) is 6.61 Å². The van der Waals surface area contributed by atoms with Crippen molar-refractivity contribution in [3.63, 3.8) is 0 Å². The summed E-state index contributed by atoms with van der Waals surface area (Å²) in [6, 6.07) is 8.80. The molecule has 0 aliphatic rings. The van der Waals surface area contributed by atoms with Crippen molar-refractivity contribution in [3.8, 4) is 5.88 Å². The lowest BCUT2D eigenvalue weighted by atomic mass is 10.1. The van der Waals surface area contributed by atoms with Crippen LogP contribution in [-0.4, -0.2) is 38.3 Å². The van der Waals surface area contributed by atoms with E-state index in [4.69, 9.17) is 9.47 Å². The Balaban J connectivity index is 0.00000420. The van der Waals surface area contributed by atoms with E-state index in [9.17, 15) is 13.2 Å². The zero-order valence-electron chi connectivity index (χ0n) is 16.1. The molecule has 0 fully saturated rings. The van der Waals surface area contributed by atoms with E-state index in [1.807, 2.05) is 6.07 Å². The Morgan fingerprint density at radius 1 is 1.07 bits per heavy atom. The van der Waals surface area contributed by atoms with Gasteiger partial charge in [-0.25, -0.2) is 4.98 Å². The number of benzene rings is 1. The van der Waals surface area contributed by atoms with Crippen LogP contribution in [0.15, 0.2) is 47.6 Å². The number of hydrogen-bond donors (Lipinski definition) is 2. The Labute approximate surface area is 184 Å². The van der Waals surface area contributed by atoms with Crippen molar-refractivity contribution >= 4 is 29.9 Å². The van der Waals surface area contributed by atoms with Gasteiger partial charge in [0.05, 0.1) is 12.2 Å². The zero-order valence-corrected chi connectivity index (χ0v) is 18.5. The fourth-order valence-electron chi connectivity index (χ4n) is 2.28. The molecule has 0 bridgehead atoms. The summed E-state index contributed by atoms with van der Waals surface area (Å²) in [5, 5.41) is 6.08. The van der Waals surface area contributed by atoms with Gasteiger partial charge in [-0.15, -0.1) is 24.0 Å². The van der Waals surface area contributed by atoms with E-state index in [2.05, 4.69) is 20.6 Å². The number of nitrogens with one attached hydrogen (secondary N) is 2. The molecular weight excluding hydrogens is 500 g/mol. The highest BCUT2D eigenvalue weighted by Crippen LogP contribution is 2.29. The molecule has 0 aliphatic carbocycles. The molecule has 6 nitrogen and oxygen atoms in total. The first-order valence-corrected chi connectivity index (χ1v) is 8.59. The predicted octanol–water partition coefficient (Wildman–Crippen LogP) is 3.61. The first-order chi connectivity index (χ1) is 13.4. The molecule has 1 heterocycles. The molecule has 2 N–H and O–H groups in total. The van der Waals surface area contributed by atoms with E-state index >= 15 is 0 Å². The van der Waals surface area contributed by atoms with Crippen molar-refractivity contribution in [1.82, 2.24) is 15.6 Å². The lowest BCUT2D eigenvalue weighted by molar-refractivity contribution is -0.137. The third-order valence-electron chi connectivity index (χ3n) is 3.73. The SMILES string of the molecule is CN=C(NCc1ccc(OCCOC)nc1)NCc1cccc(C(F)(F)F)c1.I. The molecule has 2 aromatic rings. The molecule has 2 rings (SSSR count). The second-order valence-corrected chi connectivity index (χ2v) is 5.82. The molecule has 0 aliphatic heterocycles. The van der Waals surface area contributed by atoms with E-state index in [1.165, 1.54) is 6.07 Å². The molecule has 160 valence electrons. The molecule has 29 heavy (non-hydrogen) atoms. The molecular formula is C19H24F3IN4O2. The maximum atomic E-state index is 12.8. The Kier molecular flexibility index (Phi) is 10.7. The Morgan fingerprint density at radius 2 is 1.79 bits per heavy atom. The summed E-state index contributed by atoms with van der Waals surface area (Å²) >= 11 is 0. The number of halogens is 4. The van der Waals surface area contributed by atoms with Crippen LogP contribution < -0.4 is 15.4 Å². The summed E-state index contributed by atoms with van der Waals surface area (Å²) in [6.45, 7) is 1.58. The van der Waals surface area contributed by atoms with Crippen LogP contribution >= 0.6 is 24.0 Å². The second-order valence-electron chi connectivity index (χ2n) is 5.82. The molecule has 0 atom stereocenters. The number of alkyl halides is 3. The molecule has 0 radical (unpaired) electrons. The second kappa shape index (κ2) is 12.5. The highest BCUT2D eigenvalue weighted by atomic mass is 127. The van der Waals surface area contributed by atoms with Crippen LogP contribution in [0.2, 0.25) is 0 Å². The zero-order chi connectivity index (χ0) is 20.4. The van der Waals surface area contributed by atoms with Gasteiger partial charge in [-0.2, -0.15) is 13.2 Å². The quantitative estimate of drug-likeness (QED) is 0.239. The fraction of sp³-hybridized carbons (Fsp3) is 0.368. The third-order valence-corrected chi connectivity index (χ3v) is 3.73. The number of hydrogen-bond acceptors (Lipinski definition) is 4. The first-order valence-electron chi connectivity index (χ1n) is 8.59. The summed E-state index contributed by atoms with van der Waals surface area (Å²) in [7, 11) is 3.19. The molecule has 10 heteroatoms. The van der Waals surface area contributed by atoms with Crippen LogP contribution in [0.4, 0.5) is 13.2 Å². The number of aromatic nitrogens is 1. The Bertz CT molecular complexity index is 771. The van der Waals surface area contributed by atoms with E-state index in [0.29, 0.717) is 37.2 Å². The van der Waals surface area contributed by atoms with Crippen molar-refractivity contribution in [2.24, 2.45) is 4.99 Å². The lowest BCUT2D eigenvalue weighted by Crippen LogP contribution is -2.36. The van der Waals surface area contributed by atoms with Crippen LogP contribution in [0.3, 0.4) is 0 Å². The largest absolute Gasteiger partial charge is 0.475 e. The molecule has 0 saturated carbocycles. The van der Waals surface area contributed by atoms with Crippen molar-refractivity contribution < 1.29 is 22.6 Å². The maximum absolute atomic E-state index is 12.8. The summed E-state index contributed by atoms with van der Waals surface area (Å²) in [4.78, 5) is 8.27. The normalized spacial score (nSPS) is 11.6. The van der Waals surface area contributed by atoms with Crippen molar-refractivity contribution in [1.29, 1.82) is 0 Å². The Hall–Kier alpha value is -2.08. The fourth-order valence-corrected chi connectivity index (χ4v) is 2.28. The van der Waals surface area contributed by atoms with Crippen LogP contribution in [0.25, 0.3) is 0 Å². The summed E-state index contributed by atoms with van der Waals surface area (Å²) in [5.41, 5.74) is 0.742. The summed E-state index contributed by atoms with van der Waals surface area (Å²) in [5.74, 6) is 0.977. The minimum absolute atomic E-state index is 0. The minimum atomic E-state index is -4.36. The van der Waals surface area contributed by atoms with Crippen LogP contribution in [0.5, 0.6) is 5.88 Å². The van der Waals surface area contributed by atoms with Crippen molar-refractivity contribution in [2.75, 3.05) is 27.4 Å². The highest BCUT2D eigenvalue weighted by Gasteiger charge is 2.30. The van der Waals surface area contributed by atoms with Gasteiger partial charge in [-0.05, 0) is 23.3 Å². The van der Waals surface area contributed by atoms with Crippen LogP contribution in [-0.2, 0) is 24.0 Å². The van der Waals surface area contributed by atoms with Gasteiger partial charge in [0.2, 0.25) is 5.88 Å². The Morgan fingerprint density at radius 3 is 2.38 bits per heavy atom. The average molecular weight is 524 g/mol. The monoisotopic (exact) mass is 524 g/mol. The lowest BCUT2D eigenvalue weighted by Gasteiger charge is -2.13. The average Bonchev–Trinajstić information content (AvgIpc) is 2.69. The smallest absolute Gasteiger partial charge is 0.416 e. The number of aliphatic imine (C=N–C) groups is 1. The number of nitrogens with zero attached hydrogens (tertiary/aromatic N) is 2. The minimum Gasteiger partial charge on any atom is -0.475 e. The maximum Gasteiger partial charge on any atom is 0.416 e. The number of ether oxygens (including phenoxy) is 2. The predicted molar refractivity (Wildman–Crippen MR) is 116 cm³/mol. The van der Waals surface area contributed by atoms with Gasteiger partial charge in [0.25, 0.3) is 0 Å². The van der Waals surface area contributed by atoms with Gasteiger partial charge < -0.3 is 20.1 Å². The van der Waals surface area contributed by atoms with Crippen LogP contribution in [0.1, 0.15) is 16.7 Å². The van der Waals surface area contributed by atoms with E-state index in [1.54, 1.807) is 32.5 Å². The molecule has 0 amide bonds. The van der Waals surface area contributed by atoms with E-state index in [-0.39, 0.29) is 30.5 Å². The molecule has 0 saturated heterocycles. The van der Waals surface area contributed by atoms with Crippen molar-refractivity contribution in [3.05, 3.63) is 59.3 Å². The van der Waals surface area contributed by atoms with Gasteiger partial charge in [-0.1, -0.05) is 18.2 Å². The molecule has 0 unspecified atom stereocenters. The standard InChI is InChI=1S/C19H23F3N4O2.HI/c1-23-18(25-11-14-4-3-5-16(10-14)19(20,21)22)26-13-15-6-7-17(24-12-15)28-9-8-27-2;/h3-7,10,12H,8-9,11,13H2,1-2H3,(H2,23,25,26);1H. The number of guanidine groups is 1. The first kappa shape index (κ1) is 25.0. The molecule has 1 aromatic heterocycles. The topological polar surface area (TPSA) is 67.8 Å². The van der Waals surface area contributed by atoms with Gasteiger partial charge in [0.15, 0.2) is 5.96 Å². The molecule has 0 spiro atoms. The van der Waals surface area contributed by atoms with Crippen molar-refractivity contribution in [2.45, 2.75) is 19.3 Å². The highest BCUT2D eigenvalue weighted by molar-refractivity contribution is 14.0. The number of rotatable bonds is 8. The summed E-state index contributed by atoms with van der Waals surface area (Å²) < 4.78 is 48.6. The third kappa shape index (κ3) is 8.86. The van der Waals surface area contributed by atoms with Crippen LogP contribution in [0, 0.1) is 0 Å². The molecule has 1 aromatic carbocycles. The van der Waals surface area contributed by atoms with E-state index < -0.39 is 11.7 Å².